The molecule has 0 bridgehead atoms. The maximum Gasteiger partial charge on any atom is 0.207 e. The lowest BCUT2D eigenvalue weighted by atomic mass is 9.84. The number of hydrogen-bond acceptors (Lipinski definition) is 14. The van der Waals surface area contributed by atoms with Crippen LogP contribution in [0.25, 0.3) is 0 Å². The molecule has 0 aromatic carbocycles. The van der Waals surface area contributed by atoms with E-state index in [1.807, 2.05) is 0 Å². The molecule has 15 heteroatoms. The fraction of sp³-hybridized carbons (Fsp3) is 0.944. The van der Waals surface area contributed by atoms with Crippen molar-refractivity contribution in [1.29, 1.82) is 0 Å². The molecule has 0 aromatic rings. The lowest BCUT2D eigenvalue weighted by molar-refractivity contribution is -0.306. The number of nitrogens with two attached hydrogens (primary N) is 4. The van der Waals surface area contributed by atoms with Crippen molar-refractivity contribution in [2.24, 2.45) is 22.9 Å². The van der Waals surface area contributed by atoms with Gasteiger partial charge in [0.1, 0.15) is 48.8 Å². The molecular formula is C18H35N5O10. The molecule has 3 rings (SSSR count). The Morgan fingerprint density at radius 2 is 1.42 bits per heavy atom. The predicted octanol–water partition coefficient (Wildman–Crippen LogP) is -6.90. The molecule has 1 saturated carbocycles. The zero-order valence-electron chi connectivity index (χ0n) is 17.9. The van der Waals surface area contributed by atoms with Gasteiger partial charge in [0.2, 0.25) is 6.41 Å². The Kier molecular flexibility index (Phi) is 8.95. The third-order valence-electron chi connectivity index (χ3n) is 6.35. The van der Waals surface area contributed by atoms with Gasteiger partial charge in [-0.15, -0.1) is 0 Å². The average molecular weight is 482 g/mol. The molecule has 0 spiro atoms. The zero-order valence-corrected chi connectivity index (χ0v) is 17.9. The van der Waals surface area contributed by atoms with E-state index in [0.29, 0.717) is 6.41 Å². The summed E-state index contributed by atoms with van der Waals surface area (Å²) in [4.78, 5) is 10.5. The third kappa shape index (κ3) is 5.46. The molecule has 192 valence electrons. The van der Waals surface area contributed by atoms with Crippen LogP contribution in [-0.2, 0) is 23.7 Å². The van der Waals surface area contributed by atoms with Gasteiger partial charge in [-0.2, -0.15) is 0 Å². The molecule has 0 radical (unpaired) electrons. The van der Waals surface area contributed by atoms with Crippen molar-refractivity contribution in [1.82, 2.24) is 5.32 Å². The van der Waals surface area contributed by atoms with Gasteiger partial charge in [0, 0.05) is 25.2 Å². The van der Waals surface area contributed by atoms with E-state index in [2.05, 4.69) is 5.32 Å². The zero-order chi connectivity index (χ0) is 24.4. The van der Waals surface area contributed by atoms with E-state index in [1.165, 1.54) is 0 Å². The fourth-order valence-electron chi connectivity index (χ4n) is 4.35. The van der Waals surface area contributed by atoms with E-state index in [0.717, 1.165) is 0 Å². The molecule has 14 atom stereocenters. The summed E-state index contributed by atoms with van der Waals surface area (Å²) >= 11 is 0. The first-order valence-electron chi connectivity index (χ1n) is 10.8. The number of carbonyl (C=O) groups is 1. The van der Waals surface area contributed by atoms with Crippen molar-refractivity contribution in [3.8, 4) is 0 Å². The Labute approximate surface area is 189 Å². The number of ether oxygens (including phenoxy) is 4. The van der Waals surface area contributed by atoms with Gasteiger partial charge in [-0.3, -0.25) is 4.79 Å². The van der Waals surface area contributed by atoms with Gasteiger partial charge in [0.05, 0.1) is 12.1 Å². The standard InChI is InChI=1S/C18H35N5O10/c19-2-7-11(26)13(28)9(22)17(30-7)32-15-6(21)1-5(20)10(25)16(15)33-18-14(29)12(27)8(31-18)3-23-4-24/h4-18,25-29H,1-3,19-22H2,(H,23,24)/t5-,6?,7?,8-,9?,10-,11-,12?,13?,14?,15-,16?,17-,18+/m1/s1. The van der Waals surface area contributed by atoms with Crippen molar-refractivity contribution < 1.29 is 49.3 Å². The van der Waals surface area contributed by atoms with Crippen LogP contribution in [0.3, 0.4) is 0 Å². The van der Waals surface area contributed by atoms with Crippen molar-refractivity contribution in [2.75, 3.05) is 13.1 Å². The highest BCUT2D eigenvalue weighted by Crippen LogP contribution is 2.32. The summed E-state index contributed by atoms with van der Waals surface area (Å²) in [5, 5.41) is 53.8. The van der Waals surface area contributed by atoms with E-state index >= 15 is 0 Å². The molecule has 7 unspecified atom stereocenters. The molecule has 33 heavy (non-hydrogen) atoms. The summed E-state index contributed by atoms with van der Waals surface area (Å²) in [6, 6.07) is -2.75. The van der Waals surface area contributed by atoms with Gasteiger partial charge in [0.15, 0.2) is 12.6 Å². The minimum absolute atomic E-state index is 0.0841. The highest BCUT2D eigenvalue weighted by atomic mass is 16.7. The summed E-state index contributed by atoms with van der Waals surface area (Å²) < 4.78 is 22.8. The van der Waals surface area contributed by atoms with E-state index in [9.17, 15) is 30.3 Å². The quantitative estimate of drug-likeness (QED) is 0.144. The molecule has 15 nitrogen and oxygen atoms in total. The summed E-state index contributed by atoms with van der Waals surface area (Å²) in [5.41, 5.74) is 23.7. The van der Waals surface area contributed by atoms with Crippen molar-refractivity contribution in [2.45, 2.75) is 92.1 Å². The number of aliphatic hydroxyl groups is 5. The molecule has 2 heterocycles. The average Bonchev–Trinajstić information content (AvgIpc) is 3.05. The Morgan fingerprint density at radius 3 is 2.06 bits per heavy atom. The number of rotatable bonds is 8. The van der Waals surface area contributed by atoms with Crippen LogP contribution in [-0.4, -0.2) is 131 Å². The highest BCUT2D eigenvalue weighted by molar-refractivity contribution is 5.45. The number of hydrogen-bond donors (Lipinski definition) is 10. The van der Waals surface area contributed by atoms with Crippen LogP contribution in [0, 0.1) is 0 Å². The lowest BCUT2D eigenvalue weighted by Gasteiger charge is -2.47. The Balaban J connectivity index is 1.76. The summed E-state index contributed by atoms with van der Waals surface area (Å²) in [6.07, 6.45) is -13.3. The number of carbonyl (C=O) groups excluding carboxylic acids is 1. The van der Waals surface area contributed by atoms with Gasteiger partial charge in [-0.05, 0) is 6.42 Å². The topological polar surface area (TPSA) is 271 Å². The van der Waals surface area contributed by atoms with Crippen LogP contribution in [0.15, 0.2) is 0 Å². The Hall–Kier alpha value is -1.05. The van der Waals surface area contributed by atoms with Crippen LogP contribution >= 0.6 is 0 Å². The van der Waals surface area contributed by atoms with Crippen LogP contribution in [0.5, 0.6) is 0 Å². The largest absolute Gasteiger partial charge is 0.389 e. The summed E-state index contributed by atoms with van der Waals surface area (Å²) in [7, 11) is 0. The molecule has 14 N–H and O–H groups in total. The van der Waals surface area contributed by atoms with Crippen LogP contribution in [0.4, 0.5) is 0 Å². The molecule has 3 aliphatic rings. The Morgan fingerprint density at radius 1 is 0.818 bits per heavy atom. The monoisotopic (exact) mass is 481 g/mol. The highest BCUT2D eigenvalue weighted by Gasteiger charge is 2.52. The van der Waals surface area contributed by atoms with E-state index < -0.39 is 85.6 Å². The van der Waals surface area contributed by atoms with Gasteiger partial charge < -0.3 is 72.7 Å². The van der Waals surface area contributed by atoms with Gasteiger partial charge in [-0.1, -0.05) is 0 Å². The number of nitrogens with one attached hydrogen (secondary N) is 1. The van der Waals surface area contributed by atoms with E-state index in [1.54, 1.807) is 0 Å². The molecule has 1 aliphatic carbocycles. The second-order valence-corrected chi connectivity index (χ2v) is 8.64. The maximum atomic E-state index is 10.7. The summed E-state index contributed by atoms with van der Waals surface area (Å²) in [5.74, 6) is 0. The number of aliphatic hydroxyl groups excluding tert-OH is 5. The first-order chi connectivity index (χ1) is 15.6. The van der Waals surface area contributed by atoms with Gasteiger partial charge >= 0.3 is 0 Å². The van der Waals surface area contributed by atoms with Crippen LogP contribution in [0.2, 0.25) is 0 Å². The van der Waals surface area contributed by atoms with Crippen molar-refractivity contribution >= 4 is 6.41 Å². The molecule has 0 aromatic heterocycles. The minimum Gasteiger partial charge on any atom is -0.389 e. The van der Waals surface area contributed by atoms with Gasteiger partial charge in [0.25, 0.3) is 0 Å². The first kappa shape index (κ1) is 26.6. The second-order valence-electron chi connectivity index (χ2n) is 8.64. The van der Waals surface area contributed by atoms with Gasteiger partial charge in [-0.25, -0.2) is 0 Å². The maximum absolute atomic E-state index is 10.7. The van der Waals surface area contributed by atoms with E-state index in [4.69, 9.17) is 41.9 Å². The molecule has 2 aliphatic heterocycles. The van der Waals surface area contributed by atoms with Crippen molar-refractivity contribution in [3.05, 3.63) is 0 Å². The Bertz CT molecular complexity index is 650. The minimum atomic E-state index is -1.50. The molecule has 2 saturated heterocycles. The molecular weight excluding hydrogens is 446 g/mol. The molecule has 1 amide bonds. The predicted molar refractivity (Wildman–Crippen MR) is 109 cm³/mol. The SMILES string of the molecule is NCC1O[C@H](O[C@@H]2C(N)C[C@@H](N)[C@@H](O)C2O[C@@H]2O[C@H](CNC=O)C(O)C2O)C(N)C(O)[C@@H]1O. The van der Waals surface area contributed by atoms with Crippen LogP contribution < -0.4 is 28.3 Å². The number of amides is 1. The first-order valence-corrected chi connectivity index (χ1v) is 10.8. The fourth-order valence-corrected chi connectivity index (χ4v) is 4.35. The van der Waals surface area contributed by atoms with E-state index in [-0.39, 0.29) is 19.5 Å². The third-order valence-corrected chi connectivity index (χ3v) is 6.35. The summed E-state index contributed by atoms with van der Waals surface area (Å²) in [6.45, 7) is -0.204. The van der Waals surface area contributed by atoms with Crippen molar-refractivity contribution in [3.63, 3.8) is 0 Å². The van der Waals surface area contributed by atoms with Crippen LogP contribution in [0.1, 0.15) is 6.42 Å². The second kappa shape index (κ2) is 11.1. The normalized spacial score (nSPS) is 50.8. The molecule has 3 fully saturated rings. The smallest absolute Gasteiger partial charge is 0.207 e. The lowest BCUT2D eigenvalue weighted by Crippen LogP contribution is -2.68.